The third kappa shape index (κ3) is 3.39. The molecule has 2 unspecified atom stereocenters. The third-order valence-electron chi connectivity index (χ3n) is 9.30. The van der Waals surface area contributed by atoms with Crippen molar-refractivity contribution in [1.82, 2.24) is 25.1 Å². The van der Waals surface area contributed by atoms with Gasteiger partial charge in [-0.15, -0.1) is 5.10 Å². The van der Waals surface area contributed by atoms with Crippen LogP contribution >= 0.6 is 0 Å². The highest BCUT2D eigenvalue weighted by atomic mass is 32.2. The molecule has 3 heterocycles. The summed E-state index contributed by atoms with van der Waals surface area (Å²) in [5, 5.41) is 11.9. The van der Waals surface area contributed by atoms with E-state index in [1.165, 1.54) is 24.5 Å². The summed E-state index contributed by atoms with van der Waals surface area (Å²) in [5.41, 5.74) is 3.37. The number of nitrogens with one attached hydrogen (secondary N) is 1. The van der Waals surface area contributed by atoms with Crippen LogP contribution in [-0.4, -0.2) is 52.1 Å². The molecule has 0 radical (unpaired) electrons. The van der Waals surface area contributed by atoms with Gasteiger partial charge in [0.25, 0.3) is 0 Å². The van der Waals surface area contributed by atoms with Crippen LogP contribution < -0.4 is 5.32 Å². The van der Waals surface area contributed by atoms with E-state index >= 15 is 0 Å². The summed E-state index contributed by atoms with van der Waals surface area (Å²) in [6, 6.07) is 9.28. The third-order valence-corrected chi connectivity index (χ3v) is 10.2. The van der Waals surface area contributed by atoms with Gasteiger partial charge in [0.15, 0.2) is 0 Å². The van der Waals surface area contributed by atoms with Crippen LogP contribution in [0.25, 0.3) is 22.5 Å². The van der Waals surface area contributed by atoms with Crippen molar-refractivity contribution >= 4 is 15.7 Å². The van der Waals surface area contributed by atoms with Gasteiger partial charge in [0, 0.05) is 36.2 Å². The predicted molar refractivity (Wildman–Crippen MR) is 145 cm³/mol. The first kappa shape index (κ1) is 25.1. The molecule has 1 N–H and O–H groups in total. The van der Waals surface area contributed by atoms with E-state index in [0.29, 0.717) is 11.5 Å². The summed E-state index contributed by atoms with van der Waals surface area (Å²) >= 11 is 0. The molecule has 0 amide bonds. The summed E-state index contributed by atoms with van der Waals surface area (Å²) in [5.74, 6) is -0.727. The smallest absolute Gasteiger partial charge is 0.149 e. The molecule has 3 atom stereocenters. The number of halogens is 2. The van der Waals surface area contributed by atoms with Crippen LogP contribution in [0.5, 0.6) is 0 Å². The first-order chi connectivity index (χ1) is 19.1. The molecule has 0 aliphatic heterocycles. The fraction of sp³-hybridized carbons (Fsp3) is 0.345. The highest BCUT2D eigenvalue weighted by molar-refractivity contribution is 7.90. The maximum atomic E-state index is 14.6. The normalized spacial score (nSPS) is 25.9. The maximum Gasteiger partial charge on any atom is 0.149 e. The molecule has 204 valence electrons. The molecule has 1 aromatic carbocycles. The van der Waals surface area contributed by atoms with Crippen LogP contribution in [0.15, 0.2) is 55.0 Å². The largest absolute Gasteiger partial charge is 0.369 e. The molecule has 40 heavy (non-hydrogen) atoms. The van der Waals surface area contributed by atoms with E-state index in [9.17, 15) is 17.2 Å². The molecule has 4 aromatic rings. The van der Waals surface area contributed by atoms with Crippen LogP contribution in [0, 0.1) is 17.0 Å². The number of benzene rings is 1. The number of hydrogen-bond acceptors (Lipinski definition) is 8. The Morgan fingerprint density at radius 3 is 2.50 bits per heavy atom. The lowest BCUT2D eigenvalue weighted by molar-refractivity contribution is 0.334. The molecule has 0 saturated heterocycles. The first-order valence-corrected chi connectivity index (χ1v) is 15.2. The Kier molecular flexibility index (Phi) is 5.23. The summed E-state index contributed by atoms with van der Waals surface area (Å²) in [6.45, 7) is 2.52. The molecular weight excluding hydrogens is 534 g/mol. The number of aromatic nitrogens is 5. The van der Waals surface area contributed by atoms with Crippen LogP contribution in [0.4, 0.5) is 14.6 Å². The van der Waals surface area contributed by atoms with Crippen LogP contribution in [0.1, 0.15) is 43.1 Å². The maximum absolute atomic E-state index is 14.6. The zero-order valence-electron chi connectivity index (χ0n) is 21.9. The fourth-order valence-corrected chi connectivity index (χ4v) is 7.73. The molecular formula is C29H26F2N6O2S. The number of fused-ring (bicyclic) bond motifs is 2. The van der Waals surface area contributed by atoms with Gasteiger partial charge in [0.2, 0.25) is 0 Å². The van der Waals surface area contributed by atoms with Crippen molar-refractivity contribution < 1.29 is 17.2 Å². The van der Waals surface area contributed by atoms with Gasteiger partial charge in [0.1, 0.15) is 27.3 Å². The first-order valence-electron chi connectivity index (χ1n) is 13.1. The number of anilines is 1. The Morgan fingerprint density at radius 2 is 1.80 bits per heavy atom. The van der Waals surface area contributed by atoms with Gasteiger partial charge in [-0.25, -0.2) is 27.2 Å². The van der Waals surface area contributed by atoms with Crippen LogP contribution in [-0.2, 0) is 20.7 Å². The molecule has 2 saturated carbocycles. The summed E-state index contributed by atoms with van der Waals surface area (Å²) in [6.07, 6.45) is 9.09. The van der Waals surface area contributed by atoms with Crippen molar-refractivity contribution in [3.63, 3.8) is 0 Å². The average molecular weight is 561 g/mol. The Morgan fingerprint density at radius 1 is 1.00 bits per heavy atom. The minimum Gasteiger partial charge on any atom is -0.369 e. The van der Waals surface area contributed by atoms with Crippen molar-refractivity contribution in [2.24, 2.45) is 5.41 Å². The number of pyridine rings is 1. The average Bonchev–Trinajstić information content (AvgIpc) is 3.40. The molecule has 3 aliphatic carbocycles. The Bertz CT molecular complexity index is 1780. The van der Waals surface area contributed by atoms with E-state index in [0.717, 1.165) is 41.8 Å². The Labute approximate surface area is 230 Å². The Balaban J connectivity index is 1.24. The summed E-state index contributed by atoms with van der Waals surface area (Å²) < 4.78 is 51.9. The number of nitrogens with zero attached hydrogens (tertiary/aromatic N) is 5. The second kappa shape index (κ2) is 8.33. The molecule has 2 bridgehead atoms. The van der Waals surface area contributed by atoms with Crippen molar-refractivity contribution in [3.05, 3.63) is 83.6 Å². The lowest BCUT2D eigenvalue weighted by Gasteiger charge is -2.35. The zero-order chi connectivity index (χ0) is 27.9. The SMILES string of the molecule is CC12CC13CC[C@]2(c1cncc(-c2ccc(NCCS(C)(=O)=O)nc2)n1)c1nnc(-c2c(F)cccc2F)cc13. The van der Waals surface area contributed by atoms with Crippen molar-refractivity contribution in [3.8, 4) is 22.5 Å². The van der Waals surface area contributed by atoms with Crippen molar-refractivity contribution in [1.29, 1.82) is 0 Å². The lowest BCUT2D eigenvalue weighted by atomic mass is 9.69. The molecule has 0 spiro atoms. The number of sulfone groups is 1. The van der Waals surface area contributed by atoms with Gasteiger partial charge in [-0.1, -0.05) is 13.0 Å². The van der Waals surface area contributed by atoms with E-state index in [1.807, 2.05) is 12.1 Å². The van der Waals surface area contributed by atoms with Crippen LogP contribution in [0.2, 0.25) is 0 Å². The highest BCUT2D eigenvalue weighted by Crippen LogP contribution is 2.86. The van der Waals surface area contributed by atoms with E-state index in [-0.39, 0.29) is 34.4 Å². The van der Waals surface area contributed by atoms with Crippen molar-refractivity contribution in [2.45, 2.75) is 37.0 Å². The van der Waals surface area contributed by atoms with Gasteiger partial charge >= 0.3 is 0 Å². The lowest BCUT2D eigenvalue weighted by Crippen LogP contribution is -2.35. The minimum atomic E-state index is -3.06. The van der Waals surface area contributed by atoms with Gasteiger partial charge in [-0.2, -0.15) is 5.10 Å². The Hall–Kier alpha value is -3.86. The van der Waals surface area contributed by atoms with Crippen LogP contribution in [0.3, 0.4) is 0 Å². The van der Waals surface area contributed by atoms with Gasteiger partial charge < -0.3 is 5.32 Å². The number of hydrogen-bond donors (Lipinski definition) is 1. The molecule has 2 fully saturated rings. The standard InChI is InChI=1S/C29H26F2N6O2S/c1-27-16-28(27)8-9-29(27,26-18(28)12-21(36-37-26)25-19(30)4-3-5-20(25)31)23-15-32-14-22(35-23)17-6-7-24(34-13-17)33-10-11-40(2,38)39/h3-7,12-15H,8-11,16H2,1-2H3,(H,33,34)/t27?,28?,29-/m0/s1. The quantitative estimate of drug-likeness (QED) is 0.353. The second-order valence-electron chi connectivity index (χ2n) is 11.4. The topological polar surface area (TPSA) is 111 Å². The summed E-state index contributed by atoms with van der Waals surface area (Å²) in [7, 11) is -3.06. The molecule has 7 rings (SSSR count). The van der Waals surface area contributed by atoms with Gasteiger partial charge in [-0.05, 0) is 60.6 Å². The molecule has 11 heteroatoms. The van der Waals surface area contributed by atoms with Crippen molar-refractivity contribution in [2.75, 3.05) is 23.9 Å². The van der Waals surface area contributed by atoms with E-state index < -0.39 is 26.9 Å². The number of rotatable bonds is 7. The molecule has 3 aromatic heterocycles. The minimum absolute atomic E-state index is 0.0212. The fourth-order valence-electron chi connectivity index (χ4n) is 7.26. The van der Waals surface area contributed by atoms with Gasteiger partial charge in [-0.3, -0.25) is 4.98 Å². The van der Waals surface area contributed by atoms with E-state index in [2.05, 4.69) is 32.4 Å². The van der Waals surface area contributed by atoms with E-state index in [4.69, 9.17) is 4.98 Å². The van der Waals surface area contributed by atoms with Gasteiger partial charge in [0.05, 0.1) is 45.7 Å². The predicted octanol–water partition coefficient (Wildman–Crippen LogP) is 4.47. The molecule has 8 nitrogen and oxygen atoms in total. The second-order valence-corrected chi connectivity index (χ2v) is 13.6. The monoisotopic (exact) mass is 560 g/mol. The molecule has 3 aliphatic rings. The highest BCUT2D eigenvalue weighted by Gasteiger charge is 2.84. The summed E-state index contributed by atoms with van der Waals surface area (Å²) in [4.78, 5) is 14.0. The van der Waals surface area contributed by atoms with E-state index in [1.54, 1.807) is 24.7 Å². The zero-order valence-corrected chi connectivity index (χ0v) is 22.8.